The molecule has 6 nitrogen and oxygen atoms in total. The second-order valence-corrected chi connectivity index (χ2v) is 8.84. The van der Waals surface area contributed by atoms with Crippen LogP contribution in [0.1, 0.15) is 5.56 Å². The summed E-state index contributed by atoms with van der Waals surface area (Å²) in [6.45, 7) is -1.11. The van der Waals surface area contributed by atoms with E-state index < -0.39 is 24.5 Å². The number of hydrogen-bond acceptors (Lipinski definition) is 4. The number of aromatic nitrogens is 4. The second kappa shape index (κ2) is 10.0. The van der Waals surface area contributed by atoms with Crippen LogP contribution >= 0.6 is 34.8 Å². The Morgan fingerprint density at radius 2 is 1.71 bits per heavy atom. The number of aliphatic hydroxyl groups is 1. The zero-order valence-corrected chi connectivity index (χ0v) is 19.9. The summed E-state index contributed by atoms with van der Waals surface area (Å²) in [6, 6.07) is 12.9. The highest BCUT2D eigenvalue weighted by Gasteiger charge is 2.39. The van der Waals surface area contributed by atoms with Gasteiger partial charge in [-0.1, -0.05) is 46.9 Å². The molecule has 4 rings (SSSR count). The standard InChI is InChI=1S/C23H16Cl3F3N4O2/c24-16-6-4-14(5-7-16)21-31-33(22(35)32(21)12-19(34)23(27,28)29)11-13-8-15(10-30-9-13)17-2-1-3-18(25)20(17)26/h1-10,19,34H,11-12H2. The first-order chi connectivity index (χ1) is 16.5. The molecular weight excluding hydrogens is 528 g/mol. The van der Waals surface area contributed by atoms with Crippen molar-refractivity contribution in [1.29, 1.82) is 0 Å². The minimum absolute atomic E-state index is 0.0445. The Labute approximate surface area is 212 Å². The van der Waals surface area contributed by atoms with Crippen LogP contribution in [0.4, 0.5) is 13.2 Å². The van der Waals surface area contributed by atoms with Crippen LogP contribution in [0.3, 0.4) is 0 Å². The normalized spacial score (nSPS) is 12.7. The summed E-state index contributed by atoms with van der Waals surface area (Å²) < 4.78 is 40.9. The molecule has 0 fully saturated rings. The Morgan fingerprint density at radius 3 is 2.40 bits per heavy atom. The van der Waals surface area contributed by atoms with E-state index in [1.165, 1.54) is 30.5 Å². The van der Waals surface area contributed by atoms with Crippen LogP contribution in [-0.4, -0.2) is 36.7 Å². The number of hydrogen-bond donors (Lipinski definition) is 1. The van der Waals surface area contributed by atoms with Crippen LogP contribution < -0.4 is 5.69 Å². The van der Waals surface area contributed by atoms with Crippen LogP contribution in [-0.2, 0) is 13.1 Å². The van der Waals surface area contributed by atoms with E-state index in [1.54, 1.807) is 30.5 Å². The number of nitrogens with zero attached hydrogens (tertiary/aromatic N) is 4. The molecule has 0 aliphatic rings. The number of benzene rings is 2. The van der Waals surface area contributed by atoms with E-state index >= 15 is 0 Å². The lowest BCUT2D eigenvalue weighted by molar-refractivity contribution is -0.207. The third-order valence-electron chi connectivity index (χ3n) is 5.15. The molecule has 12 heteroatoms. The smallest absolute Gasteiger partial charge is 0.382 e. The predicted molar refractivity (Wildman–Crippen MR) is 128 cm³/mol. The highest BCUT2D eigenvalue weighted by atomic mass is 35.5. The number of alkyl halides is 3. The molecular formula is C23H16Cl3F3N4O2. The highest BCUT2D eigenvalue weighted by molar-refractivity contribution is 6.43. The van der Waals surface area contributed by atoms with Gasteiger partial charge in [0.15, 0.2) is 11.9 Å². The van der Waals surface area contributed by atoms with Gasteiger partial charge in [-0.3, -0.25) is 9.55 Å². The van der Waals surface area contributed by atoms with Gasteiger partial charge < -0.3 is 5.11 Å². The van der Waals surface area contributed by atoms with E-state index in [1.807, 2.05) is 0 Å². The van der Waals surface area contributed by atoms with Gasteiger partial charge in [0.2, 0.25) is 0 Å². The van der Waals surface area contributed by atoms with Crippen molar-refractivity contribution in [3.05, 3.63) is 92.0 Å². The molecule has 35 heavy (non-hydrogen) atoms. The van der Waals surface area contributed by atoms with E-state index in [4.69, 9.17) is 34.8 Å². The van der Waals surface area contributed by atoms with E-state index in [0.29, 0.717) is 37.3 Å². The first-order valence-corrected chi connectivity index (χ1v) is 11.2. The second-order valence-electron chi connectivity index (χ2n) is 7.62. The Hall–Kier alpha value is -2.85. The van der Waals surface area contributed by atoms with Crippen LogP contribution in [0.15, 0.2) is 65.7 Å². The fourth-order valence-electron chi connectivity index (χ4n) is 3.42. The van der Waals surface area contributed by atoms with Crippen LogP contribution in [0.5, 0.6) is 0 Å². The maximum Gasteiger partial charge on any atom is 0.416 e. The van der Waals surface area contributed by atoms with Gasteiger partial charge in [-0.05, 0) is 42.0 Å². The number of aliphatic hydroxyl groups excluding tert-OH is 1. The van der Waals surface area contributed by atoms with Crippen molar-refractivity contribution in [2.45, 2.75) is 25.4 Å². The average molecular weight is 544 g/mol. The van der Waals surface area contributed by atoms with Crippen molar-refractivity contribution in [3.8, 4) is 22.5 Å². The van der Waals surface area contributed by atoms with Crippen molar-refractivity contribution >= 4 is 34.8 Å². The average Bonchev–Trinajstić information content (AvgIpc) is 3.11. The zero-order chi connectivity index (χ0) is 25.3. The minimum atomic E-state index is -4.91. The van der Waals surface area contributed by atoms with Crippen LogP contribution in [0, 0.1) is 0 Å². The first kappa shape index (κ1) is 25.2. The number of rotatable bonds is 6. The predicted octanol–water partition coefficient (Wildman–Crippen LogP) is 5.71. The third-order valence-corrected chi connectivity index (χ3v) is 6.22. The van der Waals surface area contributed by atoms with Gasteiger partial charge in [0, 0.05) is 34.1 Å². The lowest BCUT2D eigenvalue weighted by Gasteiger charge is -2.15. The summed E-state index contributed by atoms with van der Waals surface area (Å²) in [5.74, 6) is -0.0445. The minimum Gasteiger partial charge on any atom is -0.382 e. The molecule has 0 amide bonds. The summed E-state index contributed by atoms with van der Waals surface area (Å²) in [5, 5.41) is 15.0. The quantitative estimate of drug-likeness (QED) is 0.338. The molecule has 0 radical (unpaired) electrons. The SMILES string of the molecule is O=c1n(Cc2cncc(-c3cccc(Cl)c3Cl)c2)nc(-c2ccc(Cl)cc2)n1CC(O)C(F)(F)F. The molecule has 2 aromatic carbocycles. The molecule has 0 saturated heterocycles. The summed E-state index contributed by atoms with van der Waals surface area (Å²) in [5.41, 5.74) is 1.33. The van der Waals surface area contributed by atoms with Gasteiger partial charge in [-0.15, -0.1) is 5.10 Å². The molecule has 2 heterocycles. The molecule has 0 aliphatic carbocycles. The monoisotopic (exact) mass is 542 g/mol. The molecule has 1 atom stereocenters. The van der Waals surface area contributed by atoms with Gasteiger partial charge >= 0.3 is 11.9 Å². The van der Waals surface area contributed by atoms with Crippen molar-refractivity contribution in [3.63, 3.8) is 0 Å². The van der Waals surface area contributed by atoms with E-state index in [-0.39, 0.29) is 12.4 Å². The lowest BCUT2D eigenvalue weighted by atomic mass is 10.1. The molecule has 1 unspecified atom stereocenters. The topological polar surface area (TPSA) is 72.9 Å². The number of pyridine rings is 1. The highest BCUT2D eigenvalue weighted by Crippen LogP contribution is 2.33. The van der Waals surface area contributed by atoms with Crippen molar-refractivity contribution < 1.29 is 18.3 Å². The molecule has 0 spiro atoms. The summed E-state index contributed by atoms with van der Waals surface area (Å²) in [4.78, 5) is 17.2. The third kappa shape index (κ3) is 5.54. The van der Waals surface area contributed by atoms with Gasteiger partial charge in [0.25, 0.3) is 0 Å². The summed E-state index contributed by atoms with van der Waals surface area (Å²) in [7, 11) is 0. The van der Waals surface area contributed by atoms with Crippen LogP contribution in [0.2, 0.25) is 15.1 Å². The molecule has 2 aromatic heterocycles. The summed E-state index contributed by atoms with van der Waals surface area (Å²) >= 11 is 18.3. The molecule has 0 bridgehead atoms. The maximum atomic E-state index is 13.1. The van der Waals surface area contributed by atoms with Gasteiger partial charge in [0.1, 0.15) is 0 Å². The first-order valence-electron chi connectivity index (χ1n) is 10.1. The van der Waals surface area contributed by atoms with Crippen molar-refractivity contribution in [1.82, 2.24) is 19.3 Å². The van der Waals surface area contributed by atoms with E-state index in [9.17, 15) is 23.1 Å². The van der Waals surface area contributed by atoms with E-state index in [0.717, 1.165) is 9.25 Å². The van der Waals surface area contributed by atoms with Gasteiger partial charge in [-0.2, -0.15) is 13.2 Å². The van der Waals surface area contributed by atoms with Gasteiger partial charge in [-0.25, -0.2) is 9.48 Å². The Balaban J connectivity index is 1.74. The van der Waals surface area contributed by atoms with Crippen LogP contribution in [0.25, 0.3) is 22.5 Å². The molecule has 0 aliphatic heterocycles. The Kier molecular flexibility index (Phi) is 7.23. The largest absolute Gasteiger partial charge is 0.416 e. The molecule has 1 N–H and O–H groups in total. The van der Waals surface area contributed by atoms with Gasteiger partial charge in [0.05, 0.1) is 23.1 Å². The number of halogens is 6. The Bertz CT molecular complexity index is 1420. The molecule has 4 aromatic rings. The fourth-order valence-corrected chi connectivity index (χ4v) is 3.95. The van der Waals surface area contributed by atoms with E-state index in [2.05, 4.69) is 10.1 Å². The fraction of sp³-hybridized carbons (Fsp3) is 0.174. The van der Waals surface area contributed by atoms with Crippen molar-refractivity contribution in [2.75, 3.05) is 0 Å². The Morgan fingerprint density at radius 1 is 1.00 bits per heavy atom. The maximum absolute atomic E-state index is 13.1. The molecule has 0 saturated carbocycles. The lowest BCUT2D eigenvalue weighted by Crippen LogP contribution is -2.37. The zero-order valence-electron chi connectivity index (χ0n) is 17.7. The van der Waals surface area contributed by atoms with Crippen molar-refractivity contribution in [2.24, 2.45) is 0 Å². The molecule has 182 valence electrons. The summed E-state index contributed by atoms with van der Waals surface area (Å²) in [6.07, 6.45) is -4.59.